The minimum absolute atomic E-state index is 0.0751. The summed E-state index contributed by atoms with van der Waals surface area (Å²) in [5, 5.41) is 18.5. The first kappa shape index (κ1) is 14.7. The van der Waals surface area contributed by atoms with E-state index in [2.05, 4.69) is 0 Å². The molecule has 6 heteroatoms. The summed E-state index contributed by atoms with van der Waals surface area (Å²) in [6.07, 6.45) is -3.25. The number of ether oxygens (including phenoxy) is 1. The van der Waals surface area contributed by atoms with Crippen LogP contribution in [0.4, 0.5) is 13.2 Å². The second-order valence-electron chi connectivity index (χ2n) is 4.83. The van der Waals surface area contributed by atoms with Gasteiger partial charge in [-0.15, -0.1) is 0 Å². The number of aliphatic hydroxyl groups excluding tert-OH is 1. The number of nitriles is 1. The standard InChI is InChI=1S/C14H14F3NO2/c15-14(16,17)10-7-9(8-18)5-6-12(10)20-13-4-2-1-3-11(13)19/h5-7,11,13,19H,1-4H2/t11-,13-/m1/s1. The van der Waals surface area contributed by atoms with Crippen molar-refractivity contribution in [2.75, 3.05) is 0 Å². The summed E-state index contributed by atoms with van der Waals surface area (Å²) in [5.74, 6) is -0.331. The second-order valence-corrected chi connectivity index (χ2v) is 4.83. The van der Waals surface area contributed by atoms with Crippen LogP contribution in [0.1, 0.15) is 36.8 Å². The predicted molar refractivity (Wildman–Crippen MR) is 65.0 cm³/mol. The van der Waals surface area contributed by atoms with Crippen molar-refractivity contribution in [2.45, 2.75) is 44.1 Å². The monoisotopic (exact) mass is 285 g/mol. The highest BCUT2D eigenvalue weighted by molar-refractivity contribution is 5.43. The van der Waals surface area contributed by atoms with Gasteiger partial charge < -0.3 is 9.84 Å². The maximum absolute atomic E-state index is 13.0. The van der Waals surface area contributed by atoms with Gasteiger partial charge in [0.1, 0.15) is 11.9 Å². The summed E-state index contributed by atoms with van der Waals surface area (Å²) in [6.45, 7) is 0. The Morgan fingerprint density at radius 2 is 1.95 bits per heavy atom. The van der Waals surface area contributed by atoms with Gasteiger partial charge in [-0.05, 0) is 37.5 Å². The number of hydrogen-bond donors (Lipinski definition) is 1. The fraction of sp³-hybridized carbons (Fsp3) is 0.500. The van der Waals surface area contributed by atoms with Gasteiger partial charge in [-0.2, -0.15) is 18.4 Å². The highest BCUT2D eigenvalue weighted by atomic mass is 19.4. The minimum atomic E-state index is -4.60. The van der Waals surface area contributed by atoms with Crippen LogP contribution in [0, 0.1) is 11.3 Å². The Morgan fingerprint density at radius 3 is 2.55 bits per heavy atom. The molecule has 2 rings (SSSR count). The molecule has 108 valence electrons. The van der Waals surface area contributed by atoms with Crippen LogP contribution in [0.5, 0.6) is 5.75 Å². The van der Waals surface area contributed by atoms with Crippen LogP contribution in [0.2, 0.25) is 0 Å². The summed E-state index contributed by atoms with van der Waals surface area (Å²) in [5.41, 5.74) is -1.05. The Morgan fingerprint density at radius 1 is 1.25 bits per heavy atom. The Bertz CT molecular complexity index is 522. The van der Waals surface area contributed by atoms with Gasteiger partial charge in [0.25, 0.3) is 0 Å². The molecule has 1 aliphatic rings. The number of nitrogens with zero attached hydrogens (tertiary/aromatic N) is 1. The fourth-order valence-electron chi connectivity index (χ4n) is 2.30. The molecule has 0 unspecified atom stereocenters. The molecule has 20 heavy (non-hydrogen) atoms. The van der Waals surface area contributed by atoms with Crippen molar-refractivity contribution < 1.29 is 23.0 Å². The smallest absolute Gasteiger partial charge is 0.420 e. The molecule has 1 aliphatic carbocycles. The van der Waals surface area contributed by atoms with Crippen molar-refractivity contribution in [2.24, 2.45) is 0 Å². The third-order valence-corrected chi connectivity index (χ3v) is 3.36. The van der Waals surface area contributed by atoms with Crippen LogP contribution < -0.4 is 4.74 Å². The van der Waals surface area contributed by atoms with E-state index in [1.807, 2.05) is 0 Å². The van der Waals surface area contributed by atoms with Crippen LogP contribution in [0.15, 0.2) is 18.2 Å². The zero-order valence-electron chi connectivity index (χ0n) is 10.7. The zero-order chi connectivity index (χ0) is 14.8. The van der Waals surface area contributed by atoms with Crippen molar-refractivity contribution >= 4 is 0 Å². The van der Waals surface area contributed by atoms with E-state index in [0.717, 1.165) is 25.0 Å². The minimum Gasteiger partial charge on any atom is -0.487 e. The number of halogens is 3. The van der Waals surface area contributed by atoms with Gasteiger partial charge in [0.2, 0.25) is 0 Å². The lowest BCUT2D eigenvalue weighted by molar-refractivity contribution is -0.140. The molecule has 2 atom stereocenters. The van der Waals surface area contributed by atoms with E-state index >= 15 is 0 Å². The normalized spacial score (nSPS) is 23.1. The number of rotatable bonds is 2. The van der Waals surface area contributed by atoms with Crippen molar-refractivity contribution in [1.29, 1.82) is 5.26 Å². The Kier molecular flexibility index (Phi) is 4.19. The Hall–Kier alpha value is -1.74. The Labute approximate surface area is 114 Å². The number of hydrogen-bond acceptors (Lipinski definition) is 3. The molecule has 0 spiro atoms. The Balaban J connectivity index is 2.29. The molecule has 0 radical (unpaired) electrons. The molecule has 0 aromatic heterocycles. The molecule has 1 fully saturated rings. The first-order chi connectivity index (χ1) is 9.41. The number of benzene rings is 1. The van der Waals surface area contributed by atoms with Gasteiger partial charge in [-0.25, -0.2) is 0 Å². The number of alkyl halides is 3. The lowest BCUT2D eigenvalue weighted by Crippen LogP contribution is -2.35. The molecule has 0 bridgehead atoms. The maximum Gasteiger partial charge on any atom is 0.420 e. The quantitative estimate of drug-likeness (QED) is 0.907. The van der Waals surface area contributed by atoms with E-state index in [1.165, 1.54) is 6.07 Å². The van der Waals surface area contributed by atoms with Crippen LogP contribution >= 0.6 is 0 Å². The van der Waals surface area contributed by atoms with Gasteiger partial charge in [0.15, 0.2) is 0 Å². The van der Waals surface area contributed by atoms with Crippen molar-refractivity contribution in [3.8, 4) is 11.8 Å². The molecular formula is C14H14F3NO2. The van der Waals surface area contributed by atoms with Gasteiger partial charge in [-0.3, -0.25) is 0 Å². The van der Waals surface area contributed by atoms with E-state index in [0.29, 0.717) is 12.8 Å². The summed E-state index contributed by atoms with van der Waals surface area (Å²) in [7, 11) is 0. The average molecular weight is 285 g/mol. The molecule has 0 saturated heterocycles. The summed E-state index contributed by atoms with van der Waals surface area (Å²) >= 11 is 0. The van der Waals surface area contributed by atoms with Crippen molar-refractivity contribution in [3.05, 3.63) is 29.3 Å². The largest absolute Gasteiger partial charge is 0.487 e. The SMILES string of the molecule is N#Cc1ccc(O[C@@H]2CCCC[C@H]2O)c(C(F)(F)F)c1. The maximum atomic E-state index is 13.0. The van der Waals surface area contributed by atoms with E-state index in [1.54, 1.807) is 6.07 Å². The molecule has 0 amide bonds. The highest BCUT2D eigenvalue weighted by Crippen LogP contribution is 2.38. The molecule has 1 N–H and O–H groups in total. The van der Waals surface area contributed by atoms with E-state index in [4.69, 9.17) is 10.00 Å². The lowest BCUT2D eigenvalue weighted by atomic mass is 9.94. The van der Waals surface area contributed by atoms with Crippen LogP contribution in [0.3, 0.4) is 0 Å². The summed E-state index contributed by atoms with van der Waals surface area (Å²) < 4.78 is 44.2. The van der Waals surface area contributed by atoms with E-state index < -0.39 is 23.9 Å². The van der Waals surface area contributed by atoms with E-state index in [9.17, 15) is 18.3 Å². The molecule has 0 heterocycles. The van der Waals surface area contributed by atoms with Gasteiger partial charge >= 0.3 is 6.18 Å². The van der Waals surface area contributed by atoms with Gasteiger partial charge in [0, 0.05) is 0 Å². The van der Waals surface area contributed by atoms with Crippen molar-refractivity contribution in [1.82, 2.24) is 0 Å². The molecule has 1 saturated carbocycles. The summed E-state index contributed by atoms with van der Waals surface area (Å²) in [4.78, 5) is 0. The number of aliphatic hydroxyl groups is 1. The van der Waals surface area contributed by atoms with Crippen LogP contribution in [-0.4, -0.2) is 17.3 Å². The van der Waals surface area contributed by atoms with Gasteiger partial charge in [0.05, 0.1) is 23.3 Å². The fourth-order valence-corrected chi connectivity index (χ4v) is 2.30. The second kappa shape index (κ2) is 5.71. The first-order valence-corrected chi connectivity index (χ1v) is 6.38. The zero-order valence-corrected chi connectivity index (χ0v) is 10.7. The third kappa shape index (κ3) is 3.23. The van der Waals surface area contributed by atoms with Crippen molar-refractivity contribution in [3.63, 3.8) is 0 Å². The first-order valence-electron chi connectivity index (χ1n) is 6.38. The molecule has 0 aliphatic heterocycles. The third-order valence-electron chi connectivity index (χ3n) is 3.36. The topological polar surface area (TPSA) is 53.2 Å². The molecule has 3 nitrogen and oxygen atoms in total. The average Bonchev–Trinajstić information content (AvgIpc) is 2.40. The summed E-state index contributed by atoms with van der Waals surface area (Å²) in [6, 6.07) is 4.86. The highest BCUT2D eigenvalue weighted by Gasteiger charge is 2.36. The van der Waals surface area contributed by atoms with E-state index in [-0.39, 0.29) is 11.3 Å². The van der Waals surface area contributed by atoms with Crippen LogP contribution in [0.25, 0.3) is 0 Å². The van der Waals surface area contributed by atoms with Crippen LogP contribution in [-0.2, 0) is 6.18 Å². The predicted octanol–water partition coefficient (Wildman–Crippen LogP) is 3.26. The molecule has 1 aromatic carbocycles. The lowest BCUT2D eigenvalue weighted by Gasteiger charge is -2.29. The molecular weight excluding hydrogens is 271 g/mol. The van der Waals surface area contributed by atoms with Gasteiger partial charge in [-0.1, -0.05) is 6.42 Å². The molecule has 1 aromatic rings.